The summed E-state index contributed by atoms with van der Waals surface area (Å²) in [6.07, 6.45) is 3.28. The number of nitrogens with one attached hydrogen (secondary N) is 1. The van der Waals surface area contributed by atoms with E-state index in [1.165, 1.54) is 12.7 Å². The number of sulfonamides is 1. The zero-order chi connectivity index (χ0) is 9.73. The first kappa shape index (κ1) is 10.2. The summed E-state index contributed by atoms with van der Waals surface area (Å²) >= 11 is 0. The van der Waals surface area contributed by atoms with E-state index in [0.29, 0.717) is 12.1 Å². The van der Waals surface area contributed by atoms with Crippen LogP contribution in [0.3, 0.4) is 0 Å². The van der Waals surface area contributed by atoms with Crippen molar-refractivity contribution in [2.75, 3.05) is 5.75 Å². The quantitative estimate of drug-likeness (QED) is 0.758. The minimum Gasteiger partial charge on any atom is -0.451 e. The molecular weight excluding hydrogens is 192 g/mol. The van der Waals surface area contributed by atoms with Crippen molar-refractivity contribution in [3.63, 3.8) is 0 Å². The Morgan fingerprint density at radius 3 is 2.92 bits per heavy atom. The summed E-state index contributed by atoms with van der Waals surface area (Å²) in [6, 6.07) is 0. The topological polar surface area (TPSA) is 72.2 Å². The molecule has 13 heavy (non-hydrogen) atoms. The van der Waals surface area contributed by atoms with Gasteiger partial charge >= 0.3 is 0 Å². The standard InChI is InChI=1S/C7H12N2O3S/c1-2-3-13(10,11)9-4-7-5-12-6-8-7/h5-6,9H,2-4H2,1H3. The Morgan fingerprint density at radius 2 is 2.38 bits per heavy atom. The van der Waals surface area contributed by atoms with Gasteiger partial charge in [0.15, 0.2) is 6.39 Å². The third-order valence-corrected chi connectivity index (χ3v) is 2.96. The third kappa shape index (κ3) is 3.56. The monoisotopic (exact) mass is 204 g/mol. The molecule has 0 bridgehead atoms. The van der Waals surface area contributed by atoms with Gasteiger partial charge in [0.05, 0.1) is 18.0 Å². The van der Waals surface area contributed by atoms with Gasteiger partial charge in [-0.1, -0.05) is 6.92 Å². The first-order valence-corrected chi connectivity index (χ1v) is 5.63. The van der Waals surface area contributed by atoms with Crippen molar-refractivity contribution in [1.82, 2.24) is 9.71 Å². The summed E-state index contributed by atoms with van der Waals surface area (Å²) in [6.45, 7) is 2.01. The number of hydrogen-bond donors (Lipinski definition) is 1. The fourth-order valence-electron chi connectivity index (χ4n) is 0.850. The van der Waals surface area contributed by atoms with Crippen LogP contribution in [0.25, 0.3) is 0 Å². The molecule has 1 heterocycles. The van der Waals surface area contributed by atoms with Gasteiger partial charge in [-0.15, -0.1) is 0 Å². The molecular formula is C7H12N2O3S. The summed E-state index contributed by atoms with van der Waals surface area (Å²) < 4.78 is 29.4. The van der Waals surface area contributed by atoms with Gasteiger partial charge in [-0.3, -0.25) is 0 Å². The van der Waals surface area contributed by atoms with Gasteiger partial charge in [0.2, 0.25) is 10.0 Å². The molecule has 1 aromatic heterocycles. The van der Waals surface area contributed by atoms with E-state index in [-0.39, 0.29) is 12.3 Å². The molecule has 0 unspecified atom stereocenters. The van der Waals surface area contributed by atoms with Gasteiger partial charge in [-0.25, -0.2) is 18.1 Å². The maximum atomic E-state index is 11.2. The first-order valence-electron chi connectivity index (χ1n) is 3.98. The molecule has 1 aromatic rings. The summed E-state index contributed by atoms with van der Waals surface area (Å²) in [5, 5.41) is 0. The molecule has 0 saturated carbocycles. The van der Waals surface area contributed by atoms with Crippen molar-refractivity contribution in [2.45, 2.75) is 19.9 Å². The Labute approximate surface area is 77.2 Å². The highest BCUT2D eigenvalue weighted by Crippen LogP contribution is 1.95. The Hall–Kier alpha value is -0.880. The van der Waals surface area contributed by atoms with Gasteiger partial charge in [-0.05, 0) is 6.42 Å². The van der Waals surface area contributed by atoms with E-state index < -0.39 is 10.0 Å². The van der Waals surface area contributed by atoms with Crippen LogP contribution in [-0.4, -0.2) is 19.2 Å². The number of hydrogen-bond acceptors (Lipinski definition) is 4. The van der Waals surface area contributed by atoms with Crippen LogP contribution in [0.2, 0.25) is 0 Å². The van der Waals surface area contributed by atoms with E-state index in [2.05, 4.69) is 9.71 Å². The SMILES string of the molecule is CCCS(=O)(=O)NCc1cocn1. The number of aromatic nitrogens is 1. The van der Waals surface area contributed by atoms with E-state index in [1.54, 1.807) is 0 Å². The van der Waals surface area contributed by atoms with Crippen molar-refractivity contribution in [3.05, 3.63) is 18.4 Å². The highest BCUT2D eigenvalue weighted by atomic mass is 32.2. The van der Waals surface area contributed by atoms with Crippen LogP contribution in [0.5, 0.6) is 0 Å². The molecule has 5 nitrogen and oxygen atoms in total. The van der Waals surface area contributed by atoms with Crippen LogP contribution in [-0.2, 0) is 16.6 Å². The van der Waals surface area contributed by atoms with Gasteiger partial charge in [0, 0.05) is 0 Å². The number of nitrogens with zero attached hydrogens (tertiary/aromatic N) is 1. The molecule has 0 aliphatic heterocycles. The molecule has 6 heteroatoms. The lowest BCUT2D eigenvalue weighted by atomic mass is 10.5. The van der Waals surface area contributed by atoms with E-state index in [9.17, 15) is 8.42 Å². The Bertz CT molecular complexity index is 331. The van der Waals surface area contributed by atoms with Crippen LogP contribution in [0.1, 0.15) is 19.0 Å². The van der Waals surface area contributed by atoms with E-state index in [4.69, 9.17) is 4.42 Å². The fraction of sp³-hybridized carbons (Fsp3) is 0.571. The van der Waals surface area contributed by atoms with Gasteiger partial charge in [0.25, 0.3) is 0 Å². The van der Waals surface area contributed by atoms with E-state index >= 15 is 0 Å². The molecule has 0 aromatic carbocycles. The maximum absolute atomic E-state index is 11.2. The molecule has 0 saturated heterocycles. The van der Waals surface area contributed by atoms with Crippen molar-refractivity contribution in [2.24, 2.45) is 0 Å². The molecule has 0 fully saturated rings. The predicted octanol–water partition coefficient (Wildman–Crippen LogP) is 0.504. The van der Waals surface area contributed by atoms with Crippen molar-refractivity contribution in [1.29, 1.82) is 0 Å². The lowest BCUT2D eigenvalue weighted by Gasteiger charge is -2.01. The zero-order valence-electron chi connectivity index (χ0n) is 7.36. The zero-order valence-corrected chi connectivity index (χ0v) is 8.17. The fourth-order valence-corrected chi connectivity index (χ4v) is 1.90. The summed E-state index contributed by atoms with van der Waals surface area (Å²) in [4.78, 5) is 3.79. The molecule has 0 radical (unpaired) electrons. The average Bonchev–Trinajstić information content (AvgIpc) is 2.52. The number of rotatable bonds is 5. The molecule has 0 amide bonds. The average molecular weight is 204 g/mol. The molecule has 0 atom stereocenters. The maximum Gasteiger partial charge on any atom is 0.211 e. The smallest absolute Gasteiger partial charge is 0.211 e. The second-order valence-corrected chi connectivity index (χ2v) is 4.55. The van der Waals surface area contributed by atoms with Crippen molar-refractivity contribution >= 4 is 10.0 Å². The van der Waals surface area contributed by atoms with Crippen LogP contribution >= 0.6 is 0 Å². The molecule has 0 aliphatic rings. The lowest BCUT2D eigenvalue weighted by molar-refractivity contribution is 0.555. The largest absolute Gasteiger partial charge is 0.451 e. The number of oxazole rings is 1. The summed E-state index contributed by atoms with van der Waals surface area (Å²) in [5.74, 6) is 0.144. The van der Waals surface area contributed by atoms with Gasteiger partial charge in [0.1, 0.15) is 6.26 Å². The first-order chi connectivity index (χ1) is 6.14. The Balaban J connectivity index is 2.43. The Kier molecular flexibility index (Phi) is 3.44. The summed E-state index contributed by atoms with van der Waals surface area (Å²) in [5.41, 5.74) is 0.583. The third-order valence-electron chi connectivity index (χ3n) is 1.43. The van der Waals surface area contributed by atoms with E-state index in [0.717, 1.165) is 0 Å². The van der Waals surface area contributed by atoms with Crippen molar-refractivity contribution in [3.8, 4) is 0 Å². The van der Waals surface area contributed by atoms with Crippen LogP contribution in [0, 0.1) is 0 Å². The minimum absolute atomic E-state index is 0.144. The van der Waals surface area contributed by atoms with Crippen LogP contribution in [0.15, 0.2) is 17.1 Å². The predicted molar refractivity (Wildman–Crippen MR) is 47.4 cm³/mol. The van der Waals surface area contributed by atoms with Crippen LogP contribution < -0.4 is 4.72 Å². The molecule has 1 rings (SSSR count). The Morgan fingerprint density at radius 1 is 1.62 bits per heavy atom. The van der Waals surface area contributed by atoms with Crippen LogP contribution in [0.4, 0.5) is 0 Å². The summed E-state index contributed by atoms with van der Waals surface area (Å²) in [7, 11) is -3.14. The van der Waals surface area contributed by atoms with E-state index in [1.807, 2.05) is 6.92 Å². The second kappa shape index (κ2) is 4.38. The van der Waals surface area contributed by atoms with Gasteiger partial charge in [-0.2, -0.15) is 0 Å². The highest BCUT2D eigenvalue weighted by Gasteiger charge is 2.08. The minimum atomic E-state index is -3.14. The highest BCUT2D eigenvalue weighted by molar-refractivity contribution is 7.89. The normalized spacial score (nSPS) is 11.8. The van der Waals surface area contributed by atoms with Gasteiger partial charge < -0.3 is 4.42 Å². The molecule has 74 valence electrons. The molecule has 1 N–H and O–H groups in total. The van der Waals surface area contributed by atoms with Crippen molar-refractivity contribution < 1.29 is 12.8 Å². The molecule has 0 aliphatic carbocycles. The molecule has 0 spiro atoms. The second-order valence-electron chi connectivity index (χ2n) is 2.62. The lowest BCUT2D eigenvalue weighted by Crippen LogP contribution is -2.25.